The average molecular weight is 565 g/mol. The molecule has 4 rings (SSSR count). The van der Waals surface area contributed by atoms with Gasteiger partial charge >= 0.3 is 5.69 Å². The number of carbonyl (C=O) groups excluding carboxylic acids is 1. The molecule has 1 aromatic heterocycles. The Morgan fingerprint density at radius 2 is 2.33 bits per heavy atom. The molecule has 1 saturated heterocycles. The Labute approximate surface area is 230 Å². The summed E-state index contributed by atoms with van der Waals surface area (Å²) in [6.07, 6.45) is 0.388. The van der Waals surface area contributed by atoms with Gasteiger partial charge in [-0.15, -0.1) is 0 Å². The number of rotatable bonds is 13. The van der Waals surface area contributed by atoms with Gasteiger partial charge in [0, 0.05) is 33.6 Å². The Kier molecular flexibility index (Phi) is 9.12. The second-order valence-corrected chi connectivity index (χ2v) is 10.0. The van der Waals surface area contributed by atoms with Crippen LogP contribution in [0.3, 0.4) is 0 Å². The molecule has 0 bridgehead atoms. The summed E-state index contributed by atoms with van der Waals surface area (Å²) in [5, 5.41) is 5.84. The van der Waals surface area contributed by atoms with Crippen molar-refractivity contribution in [2.45, 2.75) is 38.2 Å². The third-order valence-corrected chi connectivity index (χ3v) is 6.95. The average Bonchev–Trinajstić information content (AvgIpc) is 3.32. The number of amides is 1. The maximum absolute atomic E-state index is 13.1. The Bertz CT molecular complexity index is 1310. The van der Waals surface area contributed by atoms with E-state index in [-0.39, 0.29) is 37.9 Å². The largest absolute Gasteiger partial charge is 0.491 e. The molecule has 13 nitrogen and oxygen atoms in total. The molecule has 1 amide bonds. The zero-order valence-electron chi connectivity index (χ0n) is 23.6. The van der Waals surface area contributed by atoms with Crippen LogP contribution in [0.15, 0.2) is 29.2 Å². The van der Waals surface area contributed by atoms with E-state index in [2.05, 4.69) is 20.5 Å². The van der Waals surface area contributed by atoms with Crippen LogP contribution in [0.5, 0.6) is 17.2 Å². The van der Waals surface area contributed by atoms with Crippen LogP contribution >= 0.6 is 8.38 Å². The fourth-order valence-corrected chi connectivity index (χ4v) is 5.08. The first-order valence-electron chi connectivity index (χ1n) is 13.5. The van der Waals surface area contributed by atoms with Crippen LogP contribution in [0.4, 0.5) is 11.5 Å². The molecule has 0 aliphatic carbocycles. The third kappa shape index (κ3) is 7.44. The summed E-state index contributed by atoms with van der Waals surface area (Å²) in [5.74, 6) is 1.41. The zero-order chi connectivity index (χ0) is 29.4. The molecule has 39 heavy (non-hydrogen) atoms. The minimum atomic E-state index is -1.50. The summed E-state index contributed by atoms with van der Waals surface area (Å²) in [6.45, 7) is 11.3. The maximum Gasteiger partial charge on any atom is 0.351 e. The van der Waals surface area contributed by atoms with Crippen molar-refractivity contribution in [2.24, 2.45) is 0 Å². The molecule has 14 heteroatoms. The van der Waals surface area contributed by atoms with Crippen LogP contribution < -0.4 is 25.8 Å². The Balaban J connectivity index is 1.46. The van der Waals surface area contributed by atoms with Crippen LogP contribution in [0.1, 0.15) is 28.7 Å². The van der Waals surface area contributed by atoms with Crippen molar-refractivity contribution in [3.8, 4) is 17.2 Å². The van der Waals surface area contributed by atoms with Crippen LogP contribution in [0.25, 0.3) is 4.85 Å². The van der Waals surface area contributed by atoms with E-state index in [1.165, 1.54) is 17.7 Å². The summed E-state index contributed by atoms with van der Waals surface area (Å²) in [5.41, 5.74) is -0.0601. The van der Waals surface area contributed by atoms with E-state index in [0.29, 0.717) is 42.5 Å². The van der Waals surface area contributed by atoms with Gasteiger partial charge in [-0.1, -0.05) is 6.07 Å². The molecule has 3 heterocycles. The number of fused-ring (bicyclic) bond motifs is 2. The number of anilines is 2. The fraction of sp³-hybridized carbons (Fsp3) is 0.520. The summed E-state index contributed by atoms with van der Waals surface area (Å²) in [7, 11) is -2.85. The van der Waals surface area contributed by atoms with Gasteiger partial charge in [0.15, 0.2) is 25.7 Å². The summed E-state index contributed by atoms with van der Waals surface area (Å²) in [6, 6.07) is 5.30. The Hall–Kier alpha value is -3.27. The number of nitrogens with one attached hydrogen (secondary N) is 2. The van der Waals surface area contributed by atoms with E-state index in [1.54, 1.807) is 24.9 Å². The lowest BCUT2D eigenvalue weighted by Gasteiger charge is -2.24. The highest BCUT2D eigenvalue weighted by Crippen LogP contribution is 2.46. The van der Waals surface area contributed by atoms with Crippen molar-refractivity contribution < 1.29 is 35.5 Å². The number of benzene rings is 1. The first-order chi connectivity index (χ1) is 19.7. The Morgan fingerprint density at radius 1 is 1.46 bits per heavy atom. The van der Waals surface area contributed by atoms with Crippen LogP contribution in [0, 0.1) is 6.57 Å². The van der Waals surface area contributed by atoms with Crippen LogP contribution in [-0.2, 0) is 23.3 Å². The fourth-order valence-electron chi connectivity index (χ4n) is 4.08. The van der Waals surface area contributed by atoms with E-state index in [1.807, 2.05) is 0 Å². The molecule has 210 valence electrons. The van der Waals surface area contributed by atoms with Gasteiger partial charge in [-0.3, -0.25) is 9.36 Å². The van der Waals surface area contributed by atoms with Crippen molar-refractivity contribution >= 4 is 25.8 Å². The van der Waals surface area contributed by atoms with E-state index in [9.17, 15) is 9.59 Å². The molecule has 2 unspecified atom stereocenters. The highest BCUT2D eigenvalue weighted by Gasteiger charge is 2.39. The van der Waals surface area contributed by atoms with Crippen molar-refractivity contribution in [3.05, 3.63) is 46.3 Å². The number of hydrogen-bond acceptors (Lipinski definition) is 10. The molecule has 2 N–H and O–H groups in total. The molecular weight excluding hydrogens is 529 g/mol. The first-order valence-corrected chi connectivity index (χ1v) is 13.9. The van der Waals surface area contributed by atoms with Gasteiger partial charge in [0.1, 0.15) is 30.4 Å². The van der Waals surface area contributed by atoms with E-state index in [0.717, 1.165) is 0 Å². The summed E-state index contributed by atoms with van der Waals surface area (Å²) >= 11 is 0. The molecule has 0 saturated carbocycles. The monoisotopic (exact) mass is 564 g/mol. The molecule has 0 spiro atoms. The normalized spacial score (nSPS) is 21.6. The number of methoxy groups -OCH3 is 1. The lowest BCUT2D eigenvalue weighted by atomic mass is 10.2. The number of carbonyl (C=O) groups is 1. The van der Waals surface area contributed by atoms with Gasteiger partial charge in [0.2, 0.25) is 12.5 Å². The third-order valence-electron chi connectivity index (χ3n) is 5.83. The van der Waals surface area contributed by atoms with Crippen molar-refractivity contribution in [2.75, 3.05) is 52.0 Å². The van der Waals surface area contributed by atoms with Gasteiger partial charge in [0.25, 0.3) is 0 Å². The number of hydrogen-bond donors (Lipinski definition) is 2. The van der Waals surface area contributed by atoms with Crippen LogP contribution in [-0.4, -0.2) is 74.3 Å². The number of ether oxygens (including phenoxy) is 4. The molecule has 2 aliphatic heterocycles. The number of aromatic nitrogens is 2. The van der Waals surface area contributed by atoms with Gasteiger partial charge in [-0.25, -0.2) is 11.4 Å². The topological polar surface area (TPSA) is 136 Å². The molecule has 1 aromatic carbocycles. The molecule has 2 aromatic rings. The molecule has 5 atom stereocenters. The van der Waals surface area contributed by atoms with Gasteiger partial charge in [0.05, 0.1) is 28.3 Å². The quantitative estimate of drug-likeness (QED) is 0.181. The Morgan fingerprint density at radius 3 is 3.13 bits per heavy atom. The molecular formula is C25H32N5O8P. The SMILES string of the molecule is [2H]C([3H])OC[C@H]1O[C@@H](n2cc3c(nc2=O)Nc2c(OCCCNC(C)=O)cccc2O3)C[C@H]1OP(C)OCC[N+]#[C-]. The van der Waals surface area contributed by atoms with E-state index >= 15 is 0 Å². The smallest absolute Gasteiger partial charge is 0.351 e. The van der Waals surface area contributed by atoms with Gasteiger partial charge in [-0.05, 0) is 18.6 Å². The van der Waals surface area contributed by atoms with Gasteiger partial charge < -0.3 is 43.5 Å². The second-order valence-electron chi connectivity index (χ2n) is 8.68. The van der Waals surface area contributed by atoms with Crippen molar-refractivity contribution in [1.82, 2.24) is 14.9 Å². The lowest BCUT2D eigenvalue weighted by Crippen LogP contribution is -2.29. The number of nitrogens with zero attached hydrogens (tertiary/aromatic N) is 3. The van der Waals surface area contributed by atoms with Gasteiger partial charge in [-0.2, -0.15) is 4.98 Å². The van der Waals surface area contributed by atoms with Crippen molar-refractivity contribution in [3.63, 3.8) is 0 Å². The van der Waals surface area contributed by atoms with Crippen molar-refractivity contribution in [1.29, 1.82) is 0 Å². The first kappa shape index (κ1) is 26.0. The van der Waals surface area contributed by atoms with E-state index < -0.39 is 39.6 Å². The minimum Gasteiger partial charge on any atom is -0.491 e. The minimum absolute atomic E-state index is 0.0871. The van der Waals surface area contributed by atoms with Crippen LogP contribution in [0.2, 0.25) is 0 Å². The summed E-state index contributed by atoms with van der Waals surface area (Å²) in [4.78, 5) is 31.5. The number of para-hydroxylation sites is 1. The molecule has 0 radical (unpaired) electrons. The molecule has 1 fully saturated rings. The zero-order valence-corrected chi connectivity index (χ0v) is 22.5. The predicted molar refractivity (Wildman–Crippen MR) is 143 cm³/mol. The summed E-state index contributed by atoms with van der Waals surface area (Å²) < 4.78 is 50.7. The molecule has 2 aliphatic rings. The standard InChI is InChI=1S/C25H32N5O8P/c1-16(31)27-9-6-11-34-17-7-5-8-18-23(17)28-24-20(36-18)14-30(25(32)29-24)22-13-19(21(37-22)15-33-3)38-39(4)35-12-10-26-2/h5,7-8,14,19,21-22H,6,9-13,15H2,1,3-4H3,(H,27,31)(H,28,29,32)/t19-,21-,22-,39?/m1/s1/i3TD/t3?,19-,21-,22-,39?. The highest BCUT2D eigenvalue weighted by atomic mass is 31.2. The van der Waals surface area contributed by atoms with E-state index in [4.69, 9.17) is 37.3 Å². The predicted octanol–water partition coefficient (Wildman–Crippen LogP) is 3.19. The second kappa shape index (κ2) is 13.7. The lowest BCUT2D eigenvalue weighted by molar-refractivity contribution is -0.118. The maximum atomic E-state index is 13.1. The highest BCUT2D eigenvalue weighted by molar-refractivity contribution is 7.46.